The minimum atomic E-state index is -0.247. The van der Waals surface area contributed by atoms with E-state index in [4.69, 9.17) is 0 Å². The van der Waals surface area contributed by atoms with E-state index < -0.39 is 0 Å². The Bertz CT molecular complexity index is 916. The Hall–Kier alpha value is -3.22. The van der Waals surface area contributed by atoms with Crippen LogP contribution in [0.1, 0.15) is 24.2 Å². The second kappa shape index (κ2) is 6.49. The molecule has 0 saturated carbocycles. The summed E-state index contributed by atoms with van der Waals surface area (Å²) in [5, 5.41) is 13.6. The molecule has 0 aliphatic rings. The van der Waals surface area contributed by atoms with Gasteiger partial charge in [-0.05, 0) is 43.3 Å². The molecule has 24 heavy (non-hydrogen) atoms. The third kappa shape index (κ3) is 3.24. The van der Waals surface area contributed by atoms with E-state index >= 15 is 0 Å². The number of nitrogens with zero attached hydrogens (tertiary/aromatic N) is 3. The highest BCUT2D eigenvalue weighted by atomic mass is 16.2. The van der Waals surface area contributed by atoms with Crippen LogP contribution in [0.4, 0.5) is 11.4 Å². The number of aryl methyl sites for hydroxylation is 1. The SMILES string of the molecule is CCn1nnc2cc(C(=O)Nc3cccc(NC(C)=O)c3)ccc21. The van der Waals surface area contributed by atoms with Crippen LogP contribution in [-0.4, -0.2) is 26.8 Å². The molecule has 7 nitrogen and oxygen atoms in total. The van der Waals surface area contributed by atoms with E-state index in [1.807, 2.05) is 13.0 Å². The summed E-state index contributed by atoms with van der Waals surface area (Å²) in [4.78, 5) is 23.5. The van der Waals surface area contributed by atoms with Gasteiger partial charge in [0.15, 0.2) is 0 Å². The molecule has 2 amide bonds. The quantitative estimate of drug-likeness (QED) is 0.772. The van der Waals surface area contributed by atoms with Crippen molar-refractivity contribution in [1.82, 2.24) is 15.0 Å². The van der Waals surface area contributed by atoms with Crippen LogP contribution < -0.4 is 10.6 Å². The summed E-state index contributed by atoms with van der Waals surface area (Å²) in [6.45, 7) is 4.14. The van der Waals surface area contributed by atoms with Crippen molar-refractivity contribution in [2.75, 3.05) is 10.6 Å². The highest BCUT2D eigenvalue weighted by Gasteiger charge is 2.10. The number of amides is 2. The molecular formula is C17H17N5O2. The standard InChI is InChI=1S/C17H17N5O2/c1-3-22-16-8-7-12(9-15(16)20-21-22)17(24)19-14-6-4-5-13(10-14)18-11(2)23/h4-10H,3H2,1-2H3,(H,18,23)(H,19,24). The average Bonchev–Trinajstić information content (AvgIpc) is 2.96. The van der Waals surface area contributed by atoms with E-state index in [2.05, 4.69) is 20.9 Å². The van der Waals surface area contributed by atoms with Crippen LogP contribution >= 0.6 is 0 Å². The minimum Gasteiger partial charge on any atom is -0.326 e. The molecule has 0 saturated heterocycles. The zero-order chi connectivity index (χ0) is 17.1. The smallest absolute Gasteiger partial charge is 0.255 e. The molecule has 0 spiro atoms. The number of carbonyl (C=O) groups is 2. The molecule has 2 aromatic carbocycles. The molecule has 0 aliphatic heterocycles. The van der Waals surface area contributed by atoms with E-state index in [9.17, 15) is 9.59 Å². The summed E-state index contributed by atoms with van der Waals surface area (Å²) in [5.41, 5.74) is 3.29. The normalized spacial score (nSPS) is 10.6. The van der Waals surface area contributed by atoms with Crippen LogP contribution in [0.25, 0.3) is 11.0 Å². The van der Waals surface area contributed by atoms with Gasteiger partial charge in [0.2, 0.25) is 5.91 Å². The molecule has 1 aromatic heterocycles. The lowest BCUT2D eigenvalue weighted by molar-refractivity contribution is -0.114. The zero-order valence-electron chi connectivity index (χ0n) is 13.4. The third-order valence-electron chi connectivity index (χ3n) is 3.52. The zero-order valence-corrected chi connectivity index (χ0v) is 13.4. The van der Waals surface area contributed by atoms with Gasteiger partial charge in [-0.3, -0.25) is 9.59 Å². The van der Waals surface area contributed by atoms with Crippen molar-refractivity contribution < 1.29 is 9.59 Å². The van der Waals surface area contributed by atoms with E-state index in [0.717, 1.165) is 12.1 Å². The average molecular weight is 323 g/mol. The lowest BCUT2D eigenvalue weighted by Gasteiger charge is -2.08. The highest BCUT2D eigenvalue weighted by Crippen LogP contribution is 2.18. The fraction of sp³-hybridized carbons (Fsp3) is 0.176. The topological polar surface area (TPSA) is 88.9 Å². The Labute approximate surface area is 138 Å². The van der Waals surface area contributed by atoms with Gasteiger partial charge in [-0.1, -0.05) is 11.3 Å². The Morgan fingerprint density at radius 3 is 2.54 bits per heavy atom. The molecule has 0 radical (unpaired) electrons. The van der Waals surface area contributed by atoms with Crippen molar-refractivity contribution >= 4 is 34.2 Å². The number of aromatic nitrogens is 3. The first-order chi connectivity index (χ1) is 11.6. The Kier molecular flexibility index (Phi) is 4.24. The van der Waals surface area contributed by atoms with Gasteiger partial charge in [-0.2, -0.15) is 0 Å². The van der Waals surface area contributed by atoms with Gasteiger partial charge in [0.1, 0.15) is 5.52 Å². The molecule has 1 heterocycles. The largest absolute Gasteiger partial charge is 0.326 e. The van der Waals surface area contributed by atoms with Crippen molar-refractivity contribution in [2.45, 2.75) is 20.4 Å². The summed E-state index contributed by atoms with van der Waals surface area (Å²) < 4.78 is 1.77. The third-order valence-corrected chi connectivity index (χ3v) is 3.52. The number of hydrogen-bond acceptors (Lipinski definition) is 4. The first-order valence-electron chi connectivity index (χ1n) is 7.59. The van der Waals surface area contributed by atoms with Crippen LogP contribution in [0.2, 0.25) is 0 Å². The number of rotatable bonds is 4. The van der Waals surface area contributed by atoms with Crippen molar-refractivity contribution in [3.05, 3.63) is 48.0 Å². The molecule has 122 valence electrons. The van der Waals surface area contributed by atoms with Crippen LogP contribution in [-0.2, 0) is 11.3 Å². The Morgan fingerprint density at radius 2 is 1.83 bits per heavy atom. The van der Waals surface area contributed by atoms with Crippen LogP contribution in [0.15, 0.2) is 42.5 Å². The maximum Gasteiger partial charge on any atom is 0.255 e. The second-order valence-corrected chi connectivity index (χ2v) is 5.32. The molecular weight excluding hydrogens is 306 g/mol. The fourth-order valence-electron chi connectivity index (χ4n) is 2.43. The second-order valence-electron chi connectivity index (χ2n) is 5.32. The first kappa shape index (κ1) is 15.7. The number of anilines is 2. The van der Waals surface area contributed by atoms with E-state index in [1.165, 1.54) is 6.92 Å². The molecule has 2 N–H and O–H groups in total. The summed E-state index contributed by atoms with van der Waals surface area (Å²) in [6, 6.07) is 12.3. The molecule has 0 aliphatic carbocycles. The lowest BCUT2D eigenvalue weighted by atomic mass is 10.1. The first-order valence-corrected chi connectivity index (χ1v) is 7.59. The number of benzene rings is 2. The van der Waals surface area contributed by atoms with Gasteiger partial charge in [0.25, 0.3) is 5.91 Å². The summed E-state index contributed by atoms with van der Waals surface area (Å²) in [5.74, 6) is -0.411. The van der Waals surface area contributed by atoms with Gasteiger partial charge in [-0.15, -0.1) is 5.10 Å². The predicted molar refractivity (Wildman–Crippen MR) is 91.9 cm³/mol. The maximum absolute atomic E-state index is 12.4. The van der Waals surface area contributed by atoms with Gasteiger partial charge >= 0.3 is 0 Å². The Morgan fingerprint density at radius 1 is 1.08 bits per heavy atom. The molecule has 0 fully saturated rings. The van der Waals surface area contributed by atoms with E-state index in [0.29, 0.717) is 22.5 Å². The molecule has 7 heteroatoms. The van der Waals surface area contributed by atoms with Crippen molar-refractivity contribution in [2.24, 2.45) is 0 Å². The fourth-order valence-corrected chi connectivity index (χ4v) is 2.43. The van der Waals surface area contributed by atoms with Gasteiger partial charge in [0.05, 0.1) is 5.52 Å². The highest BCUT2D eigenvalue weighted by molar-refractivity contribution is 6.06. The predicted octanol–water partition coefficient (Wildman–Crippen LogP) is 2.66. The number of hydrogen-bond donors (Lipinski definition) is 2. The molecule has 0 atom stereocenters. The van der Waals surface area contributed by atoms with Crippen LogP contribution in [0.5, 0.6) is 0 Å². The van der Waals surface area contributed by atoms with Crippen LogP contribution in [0.3, 0.4) is 0 Å². The van der Waals surface area contributed by atoms with Gasteiger partial charge in [0, 0.05) is 30.4 Å². The van der Waals surface area contributed by atoms with Gasteiger partial charge < -0.3 is 10.6 Å². The number of fused-ring (bicyclic) bond motifs is 1. The number of nitrogens with one attached hydrogen (secondary N) is 2. The molecule has 3 rings (SSSR count). The number of carbonyl (C=O) groups excluding carboxylic acids is 2. The summed E-state index contributed by atoms with van der Waals surface area (Å²) in [6.07, 6.45) is 0. The van der Waals surface area contributed by atoms with Gasteiger partial charge in [-0.25, -0.2) is 4.68 Å². The monoisotopic (exact) mass is 323 g/mol. The summed E-state index contributed by atoms with van der Waals surface area (Å²) in [7, 11) is 0. The van der Waals surface area contributed by atoms with E-state index in [-0.39, 0.29) is 11.8 Å². The van der Waals surface area contributed by atoms with Crippen molar-refractivity contribution in [1.29, 1.82) is 0 Å². The maximum atomic E-state index is 12.4. The lowest BCUT2D eigenvalue weighted by Crippen LogP contribution is -2.12. The van der Waals surface area contributed by atoms with E-state index in [1.54, 1.807) is 41.1 Å². The van der Waals surface area contributed by atoms with Crippen molar-refractivity contribution in [3.8, 4) is 0 Å². The van der Waals surface area contributed by atoms with Crippen molar-refractivity contribution in [3.63, 3.8) is 0 Å². The molecule has 0 bridgehead atoms. The molecule has 3 aromatic rings. The molecule has 0 unspecified atom stereocenters. The van der Waals surface area contributed by atoms with Crippen LogP contribution in [0, 0.1) is 0 Å². The summed E-state index contributed by atoms with van der Waals surface area (Å²) >= 11 is 0. The Balaban J connectivity index is 1.81. The minimum absolute atomic E-state index is 0.164.